The molecule has 0 atom stereocenters. The minimum atomic E-state index is 0.0480. The first-order valence-corrected chi connectivity index (χ1v) is 14.6. The number of fused-ring (bicyclic) bond motifs is 2. The summed E-state index contributed by atoms with van der Waals surface area (Å²) in [7, 11) is 0. The quantitative estimate of drug-likeness (QED) is 0.243. The van der Waals surface area contributed by atoms with Gasteiger partial charge >= 0.3 is 0 Å². The lowest BCUT2D eigenvalue weighted by Gasteiger charge is -2.33. The topological polar surface area (TPSA) is 0 Å². The molecule has 0 heteroatoms. The molecule has 0 N–H and O–H groups in total. The van der Waals surface area contributed by atoms with E-state index >= 15 is 0 Å². The third kappa shape index (κ3) is 4.61. The molecule has 4 aromatic carbocycles. The standard InChI is InChI=1S/C39H40/c1-7-14-39(6,33-21-29-10-8-12-35(37(29)23-33)31-17-25(2)15-26(3)18-31)34-22-30-11-9-13-36(38(30)24-34)32-19-27(4)16-28(5)20-32/h8-13,15-20,23-24H,7,14,21-22H2,1-6H3. The molecule has 0 heterocycles. The molecule has 196 valence electrons. The Labute approximate surface area is 235 Å². The van der Waals surface area contributed by atoms with Crippen molar-refractivity contribution in [1.82, 2.24) is 0 Å². The summed E-state index contributed by atoms with van der Waals surface area (Å²) in [6, 6.07) is 27.7. The summed E-state index contributed by atoms with van der Waals surface area (Å²) in [6.45, 7) is 13.7. The van der Waals surface area contributed by atoms with Gasteiger partial charge in [-0.2, -0.15) is 0 Å². The van der Waals surface area contributed by atoms with E-state index in [9.17, 15) is 0 Å². The predicted octanol–water partition coefficient (Wildman–Crippen LogP) is 10.6. The Bertz CT molecular complexity index is 1500. The van der Waals surface area contributed by atoms with Gasteiger partial charge in [0.25, 0.3) is 0 Å². The second-order valence-corrected chi connectivity index (χ2v) is 12.3. The highest BCUT2D eigenvalue weighted by Crippen LogP contribution is 2.51. The van der Waals surface area contributed by atoms with Crippen LogP contribution < -0.4 is 0 Å². The van der Waals surface area contributed by atoms with Gasteiger partial charge in [-0.1, -0.05) is 139 Å². The van der Waals surface area contributed by atoms with Crippen LogP contribution in [-0.4, -0.2) is 0 Å². The number of rotatable bonds is 6. The maximum Gasteiger partial charge on any atom is 0.0105 e. The molecule has 2 aliphatic carbocycles. The van der Waals surface area contributed by atoms with E-state index in [4.69, 9.17) is 0 Å². The van der Waals surface area contributed by atoms with E-state index in [1.807, 2.05) is 0 Å². The third-order valence-corrected chi connectivity index (χ3v) is 9.02. The summed E-state index contributed by atoms with van der Waals surface area (Å²) in [4.78, 5) is 0. The Hall–Kier alpha value is -3.64. The molecule has 0 bridgehead atoms. The SMILES string of the molecule is CCCC(C)(C1=Cc2c(cccc2-c2cc(C)cc(C)c2)C1)C1=Cc2c(cccc2-c2cc(C)cc(C)c2)C1. The minimum Gasteiger partial charge on any atom is -0.0653 e. The molecule has 0 amide bonds. The van der Waals surface area contributed by atoms with Gasteiger partial charge < -0.3 is 0 Å². The van der Waals surface area contributed by atoms with Crippen molar-refractivity contribution >= 4 is 12.2 Å². The van der Waals surface area contributed by atoms with E-state index in [1.54, 1.807) is 11.1 Å². The van der Waals surface area contributed by atoms with Crippen LogP contribution in [0.3, 0.4) is 0 Å². The normalized spacial score (nSPS) is 14.2. The maximum atomic E-state index is 2.55. The highest BCUT2D eigenvalue weighted by molar-refractivity contribution is 5.85. The molecule has 0 aromatic heterocycles. The summed E-state index contributed by atoms with van der Waals surface area (Å²) in [5.74, 6) is 0. The Morgan fingerprint density at radius 1 is 0.590 bits per heavy atom. The molecule has 0 saturated carbocycles. The fourth-order valence-electron chi connectivity index (χ4n) is 7.24. The van der Waals surface area contributed by atoms with E-state index < -0.39 is 0 Å². The van der Waals surface area contributed by atoms with Crippen molar-refractivity contribution in [3.8, 4) is 22.3 Å². The average Bonchev–Trinajstić information content (AvgIpc) is 3.53. The van der Waals surface area contributed by atoms with Crippen LogP contribution in [0.5, 0.6) is 0 Å². The van der Waals surface area contributed by atoms with Crippen molar-refractivity contribution in [2.75, 3.05) is 0 Å². The summed E-state index contributed by atoms with van der Waals surface area (Å²) in [5.41, 5.74) is 19.7. The van der Waals surface area contributed by atoms with Crippen LogP contribution in [0, 0.1) is 33.1 Å². The third-order valence-electron chi connectivity index (χ3n) is 9.02. The molecule has 4 aromatic rings. The highest BCUT2D eigenvalue weighted by Gasteiger charge is 2.37. The minimum absolute atomic E-state index is 0.0480. The zero-order valence-electron chi connectivity index (χ0n) is 24.4. The average molecular weight is 509 g/mol. The first kappa shape index (κ1) is 25.6. The smallest absolute Gasteiger partial charge is 0.0105 e. The fourth-order valence-corrected chi connectivity index (χ4v) is 7.24. The van der Waals surface area contributed by atoms with Crippen LogP contribution in [0.2, 0.25) is 0 Å². The van der Waals surface area contributed by atoms with E-state index in [-0.39, 0.29) is 5.41 Å². The first-order chi connectivity index (χ1) is 18.7. The second kappa shape index (κ2) is 9.83. The van der Waals surface area contributed by atoms with Gasteiger partial charge in [-0.3, -0.25) is 0 Å². The summed E-state index contributed by atoms with van der Waals surface area (Å²) >= 11 is 0. The summed E-state index contributed by atoms with van der Waals surface area (Å²) in [5, 5.41) is 0. The lowest BCUT2D eigenvalue weighted by atomic mass is 9.71. The van der Waals surface area contributed by atoms with Crippen LogP contribution >= 0.6 is 0 Å². The van der Waals surface area contributed by atoms with E-state index in [0.717, 1.165) is 12.8 Å². The van der Waals surface area contributed by atoms with Crippen LogP contribution in [0.15, 0.2) is 83.9 Å². The fraction of sp³-hybridized carbons (Fsp3) is 0.282. The first-order valence-electron chi connectivity index (χ1n) is 14.6. The van der Waals surface area contributed by atoms with Crippen LogP contribution in [-0.2, 0) is 12.8 Å². The van der Waals surface area contributed by atoms with Gasteiger partial charge in [0, 0.05) is 5.41 Å². The molecule has 39 heavy (non-hydrogen) atoms. The van der Waals surface area contributed by atoms with Crippen LogP contribution in [0.1, 0.15) is 71.2 Å². The van der Waals surface area contributed by atoms with Gasteiger partial charge in [0.15, 0.2) is 0 Å². The van der Waals surface area contributed by atoms with Crippen molar-refractivity contribution in [3.63, 3.8) is 0 Å². The number of hydrogen-bond acceptors (Lipinski definition) is 0. The van der Waals surface area contributed by atoms with Gasteiger partial charge in [-0.15, -0.1) is 0 Å². The van der Waals surface area contributed by atoms with Gasteiger partial charge in [0.05, 0.1) is 0 Å². The van der Waals surface area contributed by atoms with Crippen molar-refractivity contribution < 1.29 is 0 Å². The second-order valence-electron chi connectivity index (χ2n) is 12.3. The number of allylic oxidation sites excluding steroid dienone is 2. The summed E-state index contributed by atoms with van der Waals surface area (Å²) in [6.07, 6.45) is 9.53. The lowest BCUT2D eigenvalue weighted by Crippen LogP contribution is -2.22. The van der Waals surface area contributed by atoms with E-state index in [2.05, 4.69) is 126 Å². The molecule has 0 nitrogen and oxygen atoms in total. The molecule has 0 fully saturated rings. The molecule has 0 saturated heterocycles. The highest BCUT2D eigenvalue weighted by atomic mass is 14.4. The molecule has 6 rings (SSSR count). The number of hydrogen-bond donors (Lipinski definition) is 0. The number of aryl methyl sites for hydroxylation is 4. The van der Waals surface area contributed by atoms with Gasteiger partial charge in [0.1, 0.15) is 0 Å². The Kier molecular flexibility index (Phi) is 6.46. The molecular weight excluding hydrogens is 468 g/mol. The van der Waals surface area contributed by atoms with Crippen molar-refractivity contribution in [2.24, 2.45) is 5.41 Å². The molecule has 0 unspecified atom stereocenters. The van der Waals surface area contributed by atoms with Crippen molar-refractivity contribution in [3.05, 3.63) is 128 Å². The van der Waals surface area contributed by atoms with Crippen LogP contribution in [0.4, 0.5) is 0 Å². The molecular formula is C39H40. The Balaban J connectivity index is 1.43. The lowest BCUT2D eigenvalue weighted by molar-refractivity contribution is 0.424. The Morgan fingerprint density at radius 3 is 1.38 bits per heavy atom. The van der Waals surface area contributed by atoms with E-state index in [0.29, 0.717) is 0 Å². The zero-order chi connectivity index (χ0) is 27.3. The predicted molar refractivity (Wildman–Crippen MR) is 169 cm³/mol. The molecule has 0 aliphatic heterocycles. The monoisotopic (exact) mass is 508 g/mol. The molecule has 2 aliphatic rings. The van der Waals surface area contributed by atoms with Crippen molar-refractivity contribution in [2.45, 2.75) is 67.2 Å². The van der Waals surface area contributed by atoms with Gasteiger partial charge in [-0.25, -0.2) is 0 Å². The van der Waals surface area contributed by atoms with E-state index in [1.165, 1.54) is 79.6 Å². The van der Waals surface area contributed by atoms with Gasteiger partial charge in [0.2, 0.25) is 0 Å². The van der Waals surface area contributed by atoms with Crippen molar-refractivity contribution in [1.29, 1.82) is 0 Å². The summed E-state index contributed by atoms with van der Waals surface area (Å²) < 4.78 is 0. The number of benzene rings is 4. The maximum absolute atomic E-state index is 2.55. The molecule has 0 spiro atoms. The zero-order valence-corrected chi connectivity index (χ0v) is 24.4. The van der Waals surface area contributed by atoms with Gasteiger partial charge in [-0.05, 0) is 91.5 Å². The van der Waals surface area contributed by atoms with Crippen LogP contribution in [0.25, 0.3) is 34.4 Å². The largest absolute Gasteiger partial charge is 0.0653 e. The Morgan fingerprint density at radius 2 is 1.00 bits per heavy atom. The molecule has 0 radical (unpaired) electrons.